The van der Waals surface area contributed by atoms with Gasteiger partial charge in [0, 0.05) is 6.07 Å². The minimum absolute atomic E-state index is 0.187. The first-order valence-electron chi connectivity index (χ1n) is 7.82. The topological polar surface area (TPSA) is 55.8 Å². The second-order valence-corrected chi connectivity index (χ2v) is 5.07. The molecule has 0 saturated carbocycles. The maximum Gasteiger partial charge on any atom is 0.339 e. The van der Waals surface area contributed by atoms with Crippen LogP contribution in [0.2, 0.25) is 0 Å². The third-order valence-corrected chi connectivity index (χ3v) is 3.16. The van der Waals surface area contributed by atoms with E-state index in [0.29, 0.717) is 24.7 Å². The molecule has 4 heteroatoms. The van der Waals surface area contributed by atoms with Crippen molar-refractivity contribution in [1.82, 2.24) is 0 Å². The van der Waals surface area contributed by atoms with Gasteiger partial charge in [-0.25, -0.2) is 4.79 Å². The van der Waals surface area contributed by atoms with Crippen LogP contribution in [-0.4, -0.2) is 24.3 Å². The van der Waals surface area contributed by atoms with Crippen molar-refractivity contribution >= 4 is 5.97 Å². The number of benzene rings is 1. The fraction of sp³-hybridized carbons (Fsp3) is 0.588. The lowest BCUT2D eigenvalue weighted by Crippen LogP contribution is -2.05. The van der Waals surface area contributed by atoms with Gasteiger partial charge in [-0.3, -0.25) is 0 Å². The molecule has 0 fully saturated rings. The van der Waals surface area contributed by atoms with Crippen LogP contribution in [0, 0.1) is 0 Å². The average Bonchev–Trinajstić information content (AvgIpc) is 2.48. The molecule has 1 N–H and O–H groups in total. The van der Waals surface area contributed by atoms with Crippen molar-refractivity contribution in [2.45, 2.75) is 52.4 Å². The molecule has 0 atom stereocenters. The van der Waals surface area contributed by atoms with Crippen LogP contribution >= 0.6 is 0 Å². The summed E-state index contributed by atoms with van der Waals surface area (Å²) in [6.45, 7) is 5.36. The zero-order valence-corrected chi connectivity index (χ0v) is 13.1. The van der Waals surface area contributed by atoms with Crippen LogP contribution < -0.4 is 9.47 Å². The highest BCUT2D eigenvalue weighted by molar-refractivity contribution is 5.91. The van der Waals surface area contributed by atoms with Crippen molar-refractivity contribution in [3.05, 3.63) is 23.8 Å². The molecule has 1 rings (SSSR count). The summed E-state index contributed by atoms with van der Waals surface area (Å²) in [6.07, 6.45) is 6.61. The Labute approximate surface area is 127 Å². The molecule has 0 heterocycles. The van der Waals surface area contributed by atoms with Crippen LogP contribution in [0.4, 0.5) is 0 Å². The molecule has 0 aliphatic heterocycles. The van der Waals surface area contributed by atoms with Gasteiger partial charge < -0.3 is 14.6 Å². The van der Waals surface area contributed by atoms with Crippen LogP contribution in [-0.2, 0) is 0 Å². The SMILES string of the molecule is CCCCCCCOc1cc(OCCC)ccc1C(=O)O. The van der Waals surface area contributed by atoms with Crippen molar-refractivity contribution < 1.29 is 19.4 Å². The molecule has 118 valence electrons. The van der Waals surface area contributed by atoms with E-state index in [2.05, 4.69) is 6.92 Å². The maximum atomic E-state index is 11.2. The van der Waals surface area contributed by atoms with Gasteiger partial charge in [-0.15, -0.1) is 0 Å². The zero-order chi connectivity index (χ0) is 15.5. The second kappa shape index (κ2) is 10.1. The molecule has 0 bridgehead atoms. The molecule has 1 aromatic rings. The van der Waals surface area contributed by atoms with Gasteiger partial charge in [-0.2, -0.15) is 0 Å². The van der Waals surface area contributed by atoms with Crippen molar-refractivity contribution in [3.8, 4) is 11.5 Å². The van der Waals surface area contributed by atoms with E-state index in [0.717, 1.165) is 19.3 Å². The molecule has 21 heavy (non-hydrogen) atoms. The van der Waals surface area contributed by atoms with E-state index in [1.165, 1.54) is 19.3 Å². The summed E-state index contributed by atoms with van der Waals surface area (Å²) >= 11 is 0. The predicted molar refractivity (Wildman–Crippen MR) is 83.4 cm³/mol. The molecule has 0 unspecified atom stereocenters. The summed E-state index contributed by atoms with van der Waals surface area (Å²) in [7, 11) is 0. The molecular weight excluding hydrogens is 268 g/mol. The van der Waals surface area contributed by atoms with Gasteiger partial charge in [-0.05, 0) is 25.0 Å². The Bertz CT molecular complexity index is 429. The first-order chi connectivity index (χ1) is 10.2. The standard InChI is InChI=1S/C17H26O4/c1-3-5-6-7-8-12-21-16-13-14(20-11-4-2)9-10-15(16)17(18)19/h9-10,13H,3-8,11-12H2,1-2H3,(H,18,19). The first kappa shape index (κ1) is 17.3. The summed E-state index contributed by atoms with van der Waals surface area (Å²) in [4.78, 5) is 11.2. The highest BCUT2D eigenvalue weighted by atomic mass is 16.5. The van der Waals surface area contributed by atoms with E-state index in [1.807, 2.05) is 6.92 Å². The Hall–Kier alpha value is -1.71. The largest absolute Gasteiger partial charge is 0.493 e. The van der Waals surface area contributed by atoms with E-state index in [9.17, 15) is 9.90 Å². The highest BCUT2D eigenvalue weighted by Crippen LogP contribution is 2.25. The van der Waals surface area contributed by atoms with E-state index in [-0.39, 0.29) is 5.56 Å². The summed E-state index contributed by atoms with van der Waals surface area (Å²) in [5.41, 5.74) is 0.187. The maximum absolute atomic E-state index is 11.2. The van der Waals surface area contributed by atoms with Gasteiger partial charge in [0.15, 0.2) is 0 Å². The zero-order valence-electron chi connectivity index (χ0n) is 13.1. The molecule has 0 aliphatic rings. The molecule has 0 radical (unpaired) electrons. The monoisotopic (exact) mass is 294 g/mol. The van der Waals surface area contributed by atoms with E-state index in [1.54, 1.807) is 18.2 Å². The Morgan fingerprint density at radius 3 is 2.43 bits per heavy atom. The fourth-order valence-corrected chi connectivity index (χ4v) is 2.00. The molecule has 1 aromatic carbocycles. The minimum atomic E-state index is -0.974. The average molecular weight is 294 g/mol. The molecule has 4 nitrogen and oxygen atoms in total. The number of carboxylic acids is 1. The first-order valence-corrected chi connectivity index (χ1v) is 7.82. The Balaban J connectivity index is 2.57. The Morgan fingerprint density at radius 2 is 1.76 bits per heavy atom. The van der Waals surface area contributed by atoms with Gasteiger partial charge in [0.25, 0.3) is 0 Å². The number of rotatable bonds is 11. The quantitative estimate of drug-likeness (QED) is 0.609. The van der Waals surface area contributed by atoms with E-state index >= 15 is 0 Å². The third-order valence-electron chi connectivity index (χ3n) is 3.16. The van der Waals surface area contributed by atoms with Crippen LogP contribution in [0.15, 0.2) is 18.2 Å². The molecule has 0 saturated heterocycles. The summed E-state index contributed by atoms with van der Waals surface area (Å²) in [6, 6.07) is 4.89. The predicted octanol–water partition coefficient (Wildman–Crippen LogP) is 4.52. The Kier molecular flexibility index (Phi) is 8.32. The van der Waals surface area contributed by atoms with Gasteiger partial charge >= 0.3 is 5.97 Å². The van der Waals surface area contributed by atoms with Crippen LogP contribution in [0.5, 0.6) is 11.5 Å². The number of carbonyl (C=O) groups is 1. The number of hydrogen-bond donors (Lipinski definition) is 1. The van der Waals surface area contributed by atoms with Gasteiger partial charge in [0.1, 0.15) is 17.1 Å². The van der Waals surface area contributed by atoms with Crippen LogP contribution in [0.1, 0.15) is 62.7 Å². The van der Waals surface area contributed by atoms with Crippen LogP contribution in [0.25, 0.3) is 0 Å². The molecule has 0 aromatic heterocycles. The van der Waals surface area contributed by atoms with Crippen molar-refractivity contribution in [1.29, 1.82) is 0 Å². The highest BCUT2D eigenvalue weighted by Gasteiger charge is 2.12. The number of aromatic carboxylic acids is 1. The summed E-state index contributed by atoms with van der Waals surface area (Å²) in [5, 5.41) is 9.18. The van der Waals surface area contributed by atoms with Crippen molar-refractivity contribution in [2.24, 2.45) is 0 Å². The number of carboxylic acid groups (broad SMARTS) is 1. The number of unbranched alkanes of at least 4 members (excludes halogenated alkanes) is 4. The van der Waals surface area contributed by atoms with Crippen molar-refractivity contribution in [2.75, 3.05) is 13.2 Å². The second-order valence-electron chi connectivity index (χ2n) is 5.07. The Morgan fingerprint density at radius 1 is 1.00 bits per heavy atom. The van der Waals surface area contributed by atoms with Gasteiger partial charge in [-0.1, -0.05) is 39.5 Å². The minimum Gasteiger partial charge on any atom is -0.493 e. The molecule has 0 amide bonds. The lowest BCUT2D eigenvalue weighted by atomic mass is 10.1. The number of ether oxygens (including phenoxy) is 2. The molecule has 0 spiro atoms. The summed E-state index contributed by atoms with van der Waals surface area (Å²) in [5.74, 6) is 0.0763. The lowest BCUT2D eigenvalue weighted by Gasteiger charge is -2.11. The normalized spacial score (nSPS) is 10.4. The van der Waals surface area contributed by atoms with E-state index in [4.69, 9.17) is 9.47 Å². The van der Waals surface area contributed by atoms with Crippen LogP contribution in [0.3, 0.4) is 0 Å². The van der Waals surface area contributed by atoms with Gasteiger partial charge in [0.05, 0.1) is 13.2 Å². The smallest absolute Gasteiger partial charge is 0.339 e. The third kappa shape index (κ3) is 6.52. The van der Waals surface area contributed by atoms with Crippen molar-refractivity contribution in [3.63, 3.8) is 0 Å². The molecule has 0 aliphatic carbocycles. The molecular formula is C17H26O4. The van der Waals surface area contributed by atoms with Gasteiger partial charge in [0.2, 0.25) is 0 Å². The number of hydrogen-bond acceptors (Lipinski definition) is 3. The lowest BCUT2D eigenvalue weighted by molar-refractivity contribution is 0.0692. The fourth-order valence-electron chi connectivity index (χ4n) is 2.00. The summed E-state index contributed by atoms with van der Waals surface area (Å²) < 4.78 is 11.2. The van der Waals surface area contributed by atoms with E-state index < -0.39 is 5.97 Å².